The first-order chi connectivity index (χ1) is 9.51. The van der Waals surface area contributed by atoms with Gasteiger partial charge in [-0.3, -0.25) is 4.68 Å². The number of rotatable bonds is 6. The number of hydrogen-bond donors (Lipinski definition) is 2. The summed E-state index contributed by atoms with van der Waals surface area (Å²) in [4.78, 5) is 0.186. The Labute approximate surface area is 118 Å². The molecule has 0 amide bonds. The molecule has 0 saturated carbocycles. The molecule has 1 heterocycles. The second-order valence-corrected chi connectivity index (χ2v) is 6.25. The predicted octanol–water partition coefficient (Wildman–Crippen LogP) is 0.662. The van der Waals surface area contributed by atoms with Gasteiger partial charge in [0, 0.05) is 12.7 Å². The Morgan fingerprint density at radius 1 is 1.30 bits per heavy atom. The number of aliphatic hydroxyl groups excluding tert-OH is 1. The van der Waals surface area contributed by atoms with Crippen LogP contribution >= 0.6 is 0 Å². The third kappa shape index (κ3) is 3.66. The molecule has 108 valence electrons. The lowest BCUT2D eigenvalue weighted by atomic mass is 10.2. The molecular weight excluding hydrogens is 278 g/mol. The summed E-state index contributed by atoms with van der Waals surface area (Å²) in [7, 11) is -3.52. The van der Waals surface area contributed by atoms with Crippen LogP contribution in [0.4, 0.5) is 0 Å². The zero-order valence-corrected chi connectivity index (χ0v) is 12.0. The van der Waals surface area contributed by atoms with Gasteiger partial charge in [0.15, 0.2) is 0 Å². The highest BCUT2D eigenvalue weighted by Gasteiger charge is 2.12. The van der Waals surface area contributed by atoms with Gasteiger partial charge in [0.2, 0.25) is 10.0 Å². The van der Waals surface area contributed by atoms with Gasteiger partial charge < -0.3 is 5.11 Å². The van der Waals surface area contributed by atoms with Crippen LogP contribution in [0.15, 0.2) is 41.6 Å². The third-order valence-corrected chi connectivity index (χ3v) is 4.29. The van der Waals surface area contributed by atoms with E-state index in [4.69, 9.17) is 5.11 Å². The molecule has 0 aliphatic rings. The maximum Gasteiger partial charge on any atom is 0.240 e. The van der Waals surface area contributed by atoms with E-state index in [2.05, 4.69) is 9.82 Å². The topological polar surface area (TPSA) is 84.2 Å². The average molecular weight is 295 g/mol. The number of hydrogen-bond acceptors (Lipinski definition) is 4. The molecule has 0 spiro atoms. The van der Waals surface area contributed by atoms with Crippen molar-refractivity contribution in [2.24, 2.45) is 0 Å². The molecule has 0 radical (unpaired) electrons. The van der Waals surface area contributed by atoms with Crippen molar-refractivity contribution >= 4 is 10.0 Å². The maximum atomic E-state index is 12.0. The lowest BCUT2D eigenvalue weighted by Crippen LogP contribution is -2.27. The van der Waals surface area contributed by atoms with Crippen molar-refractivity contribution in [2.45, 2.75) is 25.0 Å². The number of aryl methyl sites for hydroxylation is 1. The van der Waals surface area contributed by atoms with Gasteiger partial charge in [-0.2, -0.15) is 5.10 Å². The van der Waals surface area contributed by atoms with E-state index in [0.717, 1.165) is 5.56 Å². The minimum absolute atomic E-state index is 0.105. The SMILES string of the molecule is Cc1cnn(CCNS(=O)(=O)c2ccc(CO)cc2)c1. The van der Waals surface area contributed by atoms with E-state index >= 15 is 0 Å². The number of aromatic nitrogens is 2. The summed E-state index contributed by atoms with van der Waals surface area (Å²) in [6, 6.07) is 6.13. The molecule has 0 bridgehead atoms. The largest absolute Gasteiger partial charge is 0.392 e. The van der Waals surface area contributed by atoms with Gasteiger partial charge in [0.25, 0.3) is 0 Å². The van der Waals surface area contributed by atoms with E-state index in [1.54, 1.807) is 23.0 Å². The van der Waals surface area contributed by atoms with Crippen molar-refractivity contribution in [3.8, 4) is 0 Å². The Balaban J connectivity index is 1.96. The van der Waals surface area contributed by atoms with E-state index in [9.17, 15) is 8.42 Å². The molecule has 2 rings (SSSR count). The normalized spacial score (nSPS) is 11.7. The van der Waals surface area contributed by atoms with Crippen LogP contribution in [0.3, 0.4) is 0 Å². The Hall–Kier alpha value is -1.70. The van der Waals surface area contributed by atoms with Crippen LogP contribution < -0.4 is 4.72 Å². The molecule has 0 fully saturated rings. The second-order valence-electron chi connectivity index (χ2n) is 4.48. The van der Waals surface area contributed by atoms with Gasteiger partial charge in [-0.25, -0.2) is 13.1 Å². The van der Waals surface area contributed by atoms with Crippen LogP contribution in [0.2, 0.25) is 0 Å². The molecule has 6 nitrogen and oxygen atoms in total. The average Bonchev–Trinajstić information content (AvgIpc) is 2.84. The van der Waals surface area contributed by atoms with E-state index in [1.807, 2.05) is 13.1 Å². The quantitative estimate of drug-likeness (QED) is 0.820. The maximum absolute atomic E-state index is 12.0. The molecule has 2 aromatic rings. The summed E-state index contributed by atoms with van der Waals surface area (Å²) in [6.07, 6.45) is 3.58. The highest BCUT2D eigenvalue weighted by atomic mass is 32.2. The Kier molecular flexibility index (Phi) is 4.53. The standard InChI is InChI=1S/C13H17N3O3S/c1-11-8-14-16(9-11)7-6-15-20(18,19)13-4-2-12(10-17)3-5-13/h2-5,8-9,15,17H,6-7,10H2,1H3. The predicted molar refractivity (Wildman–Crippen MR) is 74.5 cm³/mol. The van der Waals surface area contributed by atoms with Crippen molar-refractivity contribution in [3.05, 3.63) is 47.8 Å². The van der Waals surface area contributed by atoms with Crippen molar-refractivity contribution in [2.75, 3.05) is 6.54 Å². The van der Waals surface area contributed by atoms with E-state index in [0.29, 0.717) is 12.1 Å². The molecule has 1 aromatic heterocycles. The molecule has 0 aliphatic carbocycles. The second kappa shape index (κ2) is 6.17. The Morgan fingerprint density at radius 2 is 2.00 bits per heavy atom. The van der Waals surface area contributed by atoms with Crippen LogP contribution in [0.1, 0.15) is 11.1 Å². The first kappa shape index (κ1) is 14.7. The van der Waals surface area contributed by atoms with Crippen molar-refractivity contribution in [1.82, 2.24) is 14.5 Å². The van der Waals surface area contributed by atoms with Gasteiger partial charge in [-0.05, 0) is 30.2 Å². The van der Waals surface area contributed by atoms with Gasteiger partial charge in [-0.1, -0.05) is 12.1 Å². The molecule has 1 aromatic carbocycles. The molecule has 2 N–H and O–H groups in total. The van der Waals surface area contributed by atoms with Gasteiger partial charge in [0.1, 0.15) is 0 Å². The number of benzene rings is 1. The lowest BCUT2D eigenvalue weighted by molar-refractivity contribution is 0.282. The molecule has 0 saturated heterocycles. The monoisotopic (exact) mass is 295 g/mol. The molecule has 0 unspecified atom stereocenters. The first-order valence-corrected chi connectivity index (χ1v) is 7.68. The summed E-state index contributed by atoms with van der Waals surface area (Å²) < 4.78 is 28.3. The number of nitrogens with zero attached hydrogens (tertiary/aromatic N) is 2. The minimum atomic E-state index is -3.52. The van der Waals surface area contributed by atoms with Gasteiger partial charge >= 0.3 is 0 Å². The number of aliphatic hydroxyl groups is 1. The van der Waals surface area contributed by atoms with E-state index in [-0.39, 0.29) is 18.0 Å². The summed E-state index contributed by atoms with van der Waals surface area (Å²) in [5, 5.41) is 13.0. The van der Waals surface area contributed by atoms with Crippen LogP contribution in [0.5, 0.6) is 0 Å². The fraction of sp³-hybridized carbons (Fsp3) is 0.308. The lowest BCUT2D eigenvalue weighted by Gasteiger charge is -2.07. The smallest absolute Gasteiger partial charge is 0.240 e. The van der Waals surface area contributed by atoms with Crippen LogP contribution in [0, 0.1) is 6.92 Å². The highest BCUT2D eigenvalue weighted by Crippen LogP contribution is 2.10. The van der Waals surface area contributed by atoms with Crippen molar-refractivity contribution in [3.63, 3.8) is 0 Å². The van der Waals surface area contributed by atoms with Gasteiger partial charge in [0.05, 0.1) is 24.2 Å². The number of sulfonamides is 1. The molecule has 0 atom stereocenters. The minimum Gasteiger partial charge on any atom is -0.392 e. The Bertz CT molecular complexity index is 662. The van der Waals surface area contributed by atoms with Crippen LogP contribution in [-0.4, -0.2) is 29.8 Å². The molecule has 7 heteroatoms. The van der Waals surface area contributed by atoms with Gasteiger partial charge in [-0.15, -0.1) is 0 Å². The van der Waals surface area contributed by atoms with Crippen molar-refractivity contribution in [1.29, 1.82) is 0 Å². The summed E-state index contributed by atoms with van der Waals surface area (Å²) >= 11 is 0. The van der Waals surface area contributed by atoms with Crippen LogP contribution in [0.25, 0.3) is 0 Å². The fourth-order valence-electron chi connectivity index (χ4n) is 1.74. The highest BCUT2D eigenvalue weighted by molar-refractivity contribution is 7.89. The zero-order valence-electron chi connectivity index (χ0n) is 11.2. The number of nitrogens with one attached hydrogen (secondary N) is 1. The molecule has 0 aliphatic heterocycles. The summed E-state index contributed by atoms with van der Waals surface area (Å²) in [6.45, 7) is 2.57. The third-order valence-electron chi connectivity index (χ3n) is 2.81. The van der Waals surface area contributed by atoms with E-state index in [1.165, 1.54) is 12.1 Å². The summed E-state index contributed by atoms with van der Waals surface area (Å²) in [5.41, 5.74) is 1.71. The summed E-state index contributed by atoms with van der Waals surface area (Å²) in [5.74, 6) is 0. The Morgan fingerprint density at radius 3 is 2.55 bits per heavy atom. The zero-order chi connectivity index (χ0) is 14.6. The fourth-order valence-corrected chi connectivity index (χ4v) is 2.76. The van der Waals surface area contributed by atoms with E-state index < -0.39 is 10.0 Å². The molecular formula is C13H17N3O3S. The first-order valence-electron chi connectivity index (χ1n) is 6.20. The molecule has 20 heavy (non-hydrogen) atoms. The van der Waals surface area contributed by atoms with Crippen LogP contribution in [-0.2, 0) is 23.2 Å². The van der Waals surface area contributed by atoms with Crippen molar-refractivity contribution < 1.29 is 13.5 Å².